The zero-order chi connectivity index (χ0) is 26.6. The molecule has 0 bridgehead atoms. The summed E-state index contributed by atoms with van der Waals surface area (Å²) in [5, 5.41) is 9.82. The number of rotatable bonds is 5. The molecule has 0 amide bonds. The maximum absolute atomic E-state index is 12.8. The monoisotopic (exact) mass is 507 g/mol. The van der Waals surface area contributed by atoms with Crippen molar-refractivity contribution in [2.45, 2.75) is 0 Å². The van der Waals surface area contributed by atoms with Gasteiger partial charge in [-0.15, -0.1) is 0 Å². The summed E-state index contributed by atoms with van der Waals surface area (Å²) >= 11 is 0. The van der Waals surface area contributed by atoms with E-state index >= 15 is 0 Å². The van der Waals surface area contributed by atoms with E-state index < -0.39 is 5.97 Å². The lowest BCUT2D eigenvalue weighted by molar-refractivity contribution is -0.129. The molecular formula is C32H21N5O2. The summed E-state index contributed by atoms with van der Waals surface area (Å²) in [5.41, 5.74) is 3.07. The van der Waals surface area contributed by atoms with E-state index in [1.54, 1.807) is 30.3 Å². The van der Waals surface area contributed by atoms with E-state index in [2.05, 4.69) is 0 Å². The predicted octanol–water partition coefficient (Wildman–Crippen LogP) is 6.82. The molecule has 4 aromatic carbocycles. The molecule has 7 heteroatoms. The Hall–Kier alpha value is -5.74. The van der Waals surface area contributed by atoms with Crippen LogP contribution < -0.4 is 14.5 Å². The van der Waals surface area contributed by atoms with Crippen LogP contribution in [0, 0.1) is 11.3 Å². The van der Waals surface area contributed by atoms with Gasteiger partial charge in [-0.05, 0) is 60.7 Å². The van der Waals surface area contributed by atoms with E-state index in [0.717, 1.165) is 22.4 Å². The molecule has 0 saturated carbocycles. The summed E-state index contributed by atoms with van der Waals surface area (Å²) in [6, 6.07) is 37.9. The van der Waals surface area contributed by atoms with E-state index in [4.69, 9.17) is 14.7 Å². The van der Waals surface area contributed by atoms with Gasteiger partial charge in [-0.3, -0.25) is 9.80 Å². The molecule has 0 fully saturated rings. The predicted molar refractivity (Wildman–Crippen MR) is 151 cm³/mol. The second kappa shape index (κ2) is 10.3. The number of carbonyl (C=O) groups is 1. The highest BCUT2D eigenvalue weighted by atomic mass is 16.5. The molecule has 0 radical (unpaired) electrons. The van der Waals surface area contributed by atoms with Crippen LogP contribution in [0.3, 0.4) is 0 Å². The Bertz CT molecular complexity index is 1670. The first kappa shape index (κ1) is 23.6. The number of hydrogen-bond donors (Lipinski definition) is 0. The average Bonchev–Trinajstić information content (AvgIpc) is 3.30. The maximum Gasteiger partial charge on any atom is 0.354 e. The van der Waals surface area contributed by atoms with Crippen molar-refractivity contribution in [1.82, 2.24) is 9.97 Å². The number of benzene rings is 4. The van der Waals surface area contributed by atoms with Crippen molar-refractivity contribution in [2.24, 2.45) is 0 Å². The largest absolute Gasteiger partial charge is 0.422 e. The summed E-state index contributed by atoms with van der Waals surface area (Å²) in [5.74, 6) is 1.54. The highest BCUT2D eigenvalue weighted by molar-refractivity contribution is 5.96. The lowest BCUT2D eigenvalue weighted by atomic mass is 10.2. The van der Waals surface area contributed by atoms with Gasteiger partial charge >= 0.3 is 5.97 Å². The van der Waals surface area contributed by atoms with E-state index in [-0.39, 0.29) is 5.57 Å². The van der Waals surface area contributed by atoms with E-state index in [9.17, 15) is 10.1 Å². The highest BCUT2D eigenvalue weighted by Crippen LogP contribution is 2.48. The first-order valence-electron chi connectivity index (χ1n) is 12.3. The molecule has 1 aliphatic rings. The third kappa shape index (κ3) is 4.59. The Morgan fingerprint density at radius 1 is 0.692 bits per heavy atom. The molecule has 0 atom stereocenters. The standard InChI is InChI=1S/C32H21N5O2/c33-22-23(32(38)39-26-16-8-3-9-17-26)20-21-29-36(24-12-4-1-5-13-24)30-31(37(29)25-14-6-2-7-15-25)35-28-19-11-10-18-27(28)34-30/h1-21H/b23-20+. The third-order valence-electron chi connectivity index (χ3n) is 6.14. The molecule has 7 nitrogen and oxygen atoms in total. The fourth-order valence-electron chi connectivity index (χ4n) is 4.37. The Morgan fingerprint density at radius 3 is 1.64 bits per heavy atom. The summed E-state index contributed by atoms with van der Waals surface area (Å²) in [7, 11) is 0. The van der Waals surface area contributed by atoms with Gasteiger partial charge in [-0.25, -0.2) is 14.8 Å². The lowest BCUT2D eigenvalue weighted by Gasteiger charge is -2.24. The molecule has 0 unspecified atom stereocenters. The Labute approximate surface area is 225 Å². The second-order valence-corrected chi connectivity index (χ2v) is 8.62. The summed E-state index contributed by atoms with van der Waals surface area (Å²) in [6.07, 6.45) is 3.19. The van der Waals surface area contributed by atoms with E-state index in [0.29, 0.717) is 23.2 Å². The fourth-order valence-corrected chi connectivity index (χ4v) is 4.37. The number of aromatic nitrogens is 2. The number of hydrogen-bond acceptors (Lipinski definition) is 7. The van der Waals surface area contributed by atoms with Crippen LogP contribution in [0.5, 0.6) is 5.75 Å². The quantitative estimate of drug-likeness (QED) is 0.112. The number of nitriles is 1. The number of carbonyl (C=O) groups excluding carboxylic acids is 1. The summed E-state index contributed by atoms with van der Waals surface area (Å²) < 4.78 is 5.41. The van der Waals surface area contributed by atoms with Crippen molar-refractivity contribution in [3.63, 3.8) is 0 Å². The van der Waals surface area contributed by atoms with Crippen LogP contribution in [-0.4, -0.2) is 15.9 Å². The topological polar surface area (TPSA) is 82.4 Å². The van der Waals surface area contributed by atoms with Gasteiger partial charge in [-0.1, -0.05) is 66.7 Å². The van der Waals surface area contributed by atoms with Gasteiger partial charge in [0.15, 0.2) is 11.6 Å². The Kier molecular flexibility index (Phi) is 6.26. The van der Waals surface area contributed by atoms with Gasteiger partial charge in [0.1, 0.15) is 23.2 Å². The van der Waals surface area contributed by atoms with Crippen molar-refractivity contribution in [3.8, 4) is 11.8 Å². The average molecular weight is 508 g/mol. The normalized spacial score (nSPS) is 12.7. The van der Waals surface area contributed by atoms with Crippen molar-refractivity contribution in [1.29, 1.82) is 5.26 Å². The van der Waals surface area contributed by atoms with Crippen molar-refractivity contribution in [2.75, 3.05) is 9.80 Å². The smallest absolute Gasteiger partial charge is 0.354 e. The van der Waals surface area contributed by atoms with Crippen molar-refractivity contribution in [3.05, 3.63) is 139 Å². The van der Waals surface area contributed by atoms with Crippen LogP contribution >= 0.6 is 0 Å². The lowest BCUT2D eigenvalue weighted by Crippen LogP contribution is -2.22. The van der Waals surface area contributed by atoms with Crippen LogP contribution in [0.25, 0.3) is 11.0 Å². The minimum Gasteiger partial charge on any atom is -0.422 e. The molecule has 0 spiro atoms. The zero-order valence-electron chi connectivity index (χ0n) is 20.7. The minimum absolute atomic E-state index is 0.144. The van der Waals surface area contributed by atoms with Crippen LogP contribution in [0.4, 0.5) is 23.0 Å². The van der Waals surface area contributed by atoms with Crippen LogP contribution in [-0.2, 0) is 4.79 Å². The van der Waals surface area contributed by atoms with Gasteiger partial charge in [0, 0.05) is 11.4 Å². The molecule has 0 saturated heterocycles. The summed E-state index contributed by atoms with van der Waals surface area (Å²) in [4.78, 5) is 26.7. The molecule has 2 heterocycles. The van der Waals surface area contributed by atoms with Crippen molar-refractivity contribution < 1.29 is 9.53 Å². The highest BCUT2D eigenvalue weighted by Gasteiger charge is 2.36. The number of nitrogens with zero attached hydrogens (tertiary/aromatic N) is 5. The van der Waals surface area contributed by atoms with Crippen LogP contribution in [0.15, 0.2) is 139 Å². The van der Waals surface area contributed by atoms with E-state index in [1.807, 2.05) is 107 Å². The van der Waals surface area contributed by atoms with Gasteiger partial charge in [-0.2, -0.15) is 5.26 Å². The van der Waals surface area contributed by atoms with E-state index in [1.165, 1.54) is 6.08 Å². The molecule has 1 aliphatic heterocycles. The summed E-state index contributed by atoms with van der Waals surface area (Å²) in [6.45, 7) is 0. The van der Waals surface area contributed by atoms with Gasteiger partial charge in [0.05, 0.1) is 11.0 Å². The Morgan fingerprint density at radius 2 is 1.15 bits per heavy atom. The van der Waals surface area contributed by atoms with Gasteiger partial charge in [0.25, 0.3) is 0 Å². The SMILES string of the molecule is N#C/C(=C\C=C1N(c2ccccc2)c2nc3ccccc3nc2N1c1ccccc1)C(=O)Oc1ccccc1. The number of para-hydroxylation sites is 5. The fraction of sp³-hybridized carbons (Fsp3) is 0. The molecule has 0 N–H and O–H groups in total. The van der Waals surface area contributed by atoms with Gasteiger partial charge in [0.2, 0.25) is 0 Å². The molecule has 0 aliphatic carbocycles. The molecule has 5 aromatic rings. The number of esters is 1. The number of ether oxygens (including phenoxy) is 1. The molecule has 6 rings (SSSR count). The van der Waals surface area contributed by atoms with Gasteiger partial charge < -0.3 is 4.74 Å². The first-order valence-corrected chi connectivity index (χ1v) is 12.3. The Balaban J connectivity index is 1.53. The van der Waals surface area contributed by atoms with Crippen LogP contribution in [0.1, 0.15) is 0 Å². The molecule has 39 heavy (non-hydrogen) atoms. The minimum atomic E-state index is -0.740. The molecule has 1 aromatic heterocycles. The first-order chi connectivity index (χ1) is 19.2. The zero-order valence-corrected chi connectivity index (χ0v) is 20.7. The second-order valence-electron chi connectivity index (χ2n) is 8.62. The number of anilines is 4. The third-order valence-corrected chi connectivity index (χ3v) is 6.14. The van der Waals surface area contributed by atoms with Crippen LogP contribution in [0.2, 0.25) is 0 Å². The number of fused-ring (bicyclic) bond motifs is 2. The number of allylic oxidation sites excluding steroid dienone is 2. The molecular weight excluding hydrogens is 486 g/mol. The van der Waals surface area contributed by atoms with Crippen molar-refractivity contribution >= 4 is 40.0 Å². The maximum atomic E-state index is 12.8. The molecule has 186 valence electrons.